The molecule has 3 aromatic heterocycles. The molecule has 9 nitrogen and oxygen atoms in total. The van der Waals surface area contributed by atoms with Crippen LogP contribution in [0, 0.1) is 5.82 Å². The summed E-state index contributed by atoms with van der Waals surface area (Å²) in [4.78, 5) is 20.2. The van der Waals surface area contributed by atoms with Crippen molar-refractivity contribution in [3.8, 4) is 0 Å². The van der Waals surface area contributed by atoms with Crippen LogP contribution in [-0.4, -0.2) is 49.8 Å². The summed E-state index contributed by atoms with van der Waals surface area (Å²) in [5.41, 5.74) is 7.62. The normalized spacial score (nSPS) is 15.3. The predicted octanol–water partition coefficient (Wildman–Crippen LogP) is 1.87. The molecular formula is C19H22FN7O2. The van der Waals surface area contributed by atoms with Crippen LogP contribution in [0.1, 0.15) is 35.8 Å². The average molecular weight is 399 g/mol. The number of rotatable bonds is 6. The summed E-state index contributed by atoms with van der Waals surface area (Å²) in [6.45, 7) is 3.27. The number of carboxylic acid groups (broad SMARTS) is 1. The molecule has 0 bridgehead atoms. The van der Waals surface area contributed by atoms with E-state index >= 15 is 0 Å². The smallest absolute Gasteiger partial charge is 0.341 e. The lowest BCUT2D eigenvalue weighted by atomic mass is 10.1. The highest BCUT2D eigenvalue weighted by molar-refractivity contribution is 5.94. The Labute approximate surface area is 166 Å². The van der Waals surface area contributed by atoms with E-state index in [1.54, 1.807) is 12.3 Å². The van der Waals surface area contributed by atoms with Crippen LogP contribution in [-0.2, 0) is 6.42 Å². The highest BCUT2D eigenvalue weighted by atomic mass is 19.1. The van der Waals surface area contributed by atoms with Gasteiger partial charge in [0.25, 0.3) is 0 Å². The van der Waals surface area contributed by atoms with Crippen molar-refractivity contribution in [2.45, 2.75) is 32.2 Å². The molecular weight excluding hydrogens is 377 g/mol. The first-order valence-electron chi connectivity index (χ1n) is 9.46. The van der Waals surface area contributed by atoms with E-state index in [9.17, 15) is 14.3 Å². The van der Waals surface area contributed by atoms with Crippen molar-refractivity contribution < 1.29 is 14.3 Å². The van der Waals surface area contributed by atoms with Crippen molar-refractivity contribution in [3.63, 3.8) is 0 Å². The summed E-state index contributed by atoms with van der Waals surface area (Å²) in [5.74, 6) is -0.931. The molecule has 4 rings (SSSR count). The highest BCUT2D eigenvalue weighted by Gasteiger charge is 2.27. The molecule has 10 heteroatoms. The number of hydrazine groups is 1. The Morgan fingerprint density at radius 2 is 2.14 bits per heavy atom. The lowest BCUT2D eigenvalue weighted by Crippen LogP contribution is -2.38. The van der Waals surface area contributed by atoms with Gasteiger partial charge in [0.05, 0.1) is 23.8 Å². The Hall–Kier alpha value is -3.27. The highest BCUT2D eigenvalue weighted by Crippen LogP contribution is 2.30. The third kappa shape index (κ3) is 3.70. The quantitative estimate of drug-likeness (QED) is 0.646. The van der Waals surface area contributed by atoms with Gasteiger partial charge in [0, 0.05) is 37.5 Å². The van der Waals surface area contributed by atoms with Crippen LogP contribution in [0.5, 0.6) is 0 Å². The largest absolute Gasteiger partial charge is 0.477 e. The van der Waals surface area contributed by atoms with E-state index < -0.39 is 11.8 Å². The number of fused-ring (bicyclic) bond motifs is 1. The number of aryl methyl sites for hydroxylation is 1. The molecule has 152 valence electrons. The molecule has 0 amide bonds. The predicted molar refractivity (Wildman–Crippen MR) is 105 cm³/mol. The summed E-state index contributed by atoms with van der Waals surface area (Å²) in [6, 6.07) is 3.25. The zero-order valence-electron chi connectivity index (χ0n) is 16.0. The minimum absolute atomic E-state index is 0.0183. The average Bonchev–Trinajstić information content (AvgIpc) is 3.33. The summed E-state index contributed by atoms with van der Waals surface area (Å²) in [5, 5.41) is 17.2. The Balaban J connectivity index is 1.71. The lowest BCUT2D eigenvalue weighted by Gasteiger charge is -2.32. The Kier molecular flexibility index (Phi) is 5.01. The van der Waals surface area contributed by atoms with E-state index in [1.807, 2.05) is 16.9 Å². The third-order valence-corrected chi connectivity index (χ3v) is 4.91. The van der Waals surface area contributed by atoms with E-state index in [0.29, 0.717) is 31.0 Å². The molecule has 1 aliphatic rings. The minimum atomic E-state index is -1.09. The van der Waals surface area contributed by atoms with Crippen molar-refractivity contribution in [2.24, 2.45) is 5.73 Å². The van der Waals surface area contributed by atoms with Gasteiger partial charge in [0.2, 0.25) is 0 Å². The van der Waals surface area contributed by atoms with Gasteiger partial charge in [-0.3, -0.25) is 15.0 Å². The molecule has 3 N–H and O–H groups in total. The number of aromatic nitrogens is 4. The van der Waals surface area contributed by atoms with Crippen molar-refractivity contribution in [1.29, 1.82) is 0 Å². The van der Waals surface area contributed by atoms with Crippen molar-refractivity contribution in [1.82, 2.24) is 19.6 Å². The number of nitrogens with two attached hydrogens (primary N) is 1. The van der Waals surface area contributed by atoms with Gasteiger partial charge in [-0.2, -0.15) is 5.10 Å². The van der Waals surface area contributed by atoms with Gasteiger partial charge in [-0.1, -0.05) is 0 Å². The second-order valence-corrected chi connectivity index (χ2v) is 7.15. The number of anilines is 2. The number of aromatic carboxylic acids is 1. The summed E-state index contributed by atoms with van der Waals surface area (Å²) >= 11 is 0. The number of halogens is 1. The third-order valence-electron chi connectivity index (χ3n) is 4.91. The van der Waals surface area contributed by atoms with Crippen LogP contribution in [0.2, 0.25) is 0 Å². The van der Waals surface area contributed by atoms with E-state index in [2.05, 4.69) is 15.1 Å². The Morgan fingerprint density at radius 1 is 1.34 bits per heavy atom. The molecule has 0 aromatic carbocycles. The lowest BCUT2D eigenvalue weighted by molar-refractivity contribution is 0.0698. The van der Waals surface area contributed by atoms with Crippen LogP contribution in [0.3, 0.4) is 0 Å². The summed E-state index contributed by atoms with van der Waals surface area (Å²) < 4.78 is 15.4. The van der Waals surface area contributed by atoms with E-state index in [4.69, 9.17) is 5.73 Å². The van der Waals surface area contributed by atoms with Crippen LogP contribution < -0.4 is 15.8 Å². The van der Waals surface area contributed by atoms with Crippen LogP contribution in [0.25, 0.3) is 5.65 Å². The maximum absolute atomic E-state index is 14.0. The summed E-state index contributed by atoms with van der Waals surface area (Å²) in [7, 11) is 0. The molecule has 0 unspecified atom stereocenters. The number of carbonyl (C=O) groups is 1. The number of carboxylic acids is 1. The fourth-order valence-corrected chi connectivity index (χ4v) is 3.49. The van der Waals surface area contributed by atoms with Crippen molar-refractivity contribution in [2.75, 3.05) is 23.1 Å². The molecule has 0 radical (unpaired) electrons. The molecule has 0 spiro atoms. The standard InChI is InChI=1S/C19H22FN7O2/c1-12(21)3-4-15-16(9-13(20)10-22-15)26-6-2-7-27(26)17-5-8-25-18(24-17)14(11-23-25)19(28)29/h5,8-12H,2-4,6-7,21H2,1H3,(H,28,29)/t12-/m1/s1. The topological polar surface area (TPSA) is 113 Å². The van der Waals surface area contributed by atoms with Crippen LogP contribution >= 0.6 is 0 Å². The first-order valence-corrected chi connectivity index (χ1v) is 9.46. The second-order valence-electron chi connectivity index (χ2n) is 7.15. The van der Waals surface area contributed by atoms with Crippen LogP contribution in [0.15, 0.2) is 30.7 Å². The first-order chi connectivity index (χ1) is 13.9. The molecule has 1 atom stereocenters. The monoisotopic (exact) mass is 399 g/mol. The maximum Gasteiger partial charge on any atom is 0.341 e. The molecule has 0 aliphatic carbocycles. The number of hydrogen-bond donors (Lipinski definition) is 2. The Morgan fingerprint density at radius 3 is 2.90 bits per heavy atom. The molecule has 29 heavy (non-hydrogen) atoms. The number of pyridine rings is 1. The zero-order chi connectivity index (χ0) is 20.5. The maximum atomic E-state index is 14.0. The molecule has 1 aliphatic heterocycles. The van der Waals surface area contributed by atoms with Gasteiger partial charge in [-0.25, -0.2) is 18.7 Å². The van der Waals surface area contributed by atoms with Crippen molar-refractivity contribution in [3.05, 3.63) is 47.8 Å². The fourth-order valence-electron chi connectivity index (χ4n) is 3.49. The first kappa shape index (κ1) is 19.1. The van der Waals surface area contributed by atoms with Gasteiger partial charge in [0.15, 0.2) is 11.5 Å². The van der Waals surface area contributed by atoms with Gasteiger partial charge in [-0.05, 0) is 26.2 Å². The fraction of sp³-hybridized carbons (Fsp3) is 0.368. The second kappa shape index (κ2) is 7.63. The number of hydrogen-bond acceptors (Lipinski definition) is 7. The zero-order valence-corrected chi connectivity index (χ0v) is 16.0. The SMILES string of the molecule is C[C@@H](N)CCc1ncc(F)cc1N1CCCN1c1ccn2ncc(C(=O)O)c2n1. The summed E-state index contributed by atoms with van der Waals surface area (Å²) in [6.07, 6.45) is 6.38. The van der Waals surface area contributed by atoms with E-state index in [-0.39, 0.29) is 17.3 Å². The van der Waals surface area contributed by atoms with Gasteiger partial charge in [-0.15, -0.1) is 0 Å². The number of nitrogens with zero attached hydrogens (tertiary/aromatic N) is 6. The van der Waals surface area contributed by atoms with Gasteiger partial charge >= 0.3 is 5.97 Å². The Bertz CT molecular complexity index is 1050. The molecule has 0 saturated carbocycles. The van der Waals surface area contributed by atoms with Crippen LogP contribution in [0.4, 0.5) is 15.9 Å². The van der Waals surface area contributed by atoms with Gasteiger partial charge < -0.3 is 10.8 Å². The molecule has 4 heterocycles. The van der Waals surface area contributed by atoms with Crippen molar-refractivity contribution >= 4 is 23.1 Å². The van der Waals surface area contributed by atoms with E-state index in [0.717, 1.165) is 18.5 Å². The molecule has 1 saturated heterocycles. The molecule has 3 aromatic rings. The van der Waals surface area contributed by atoms with E-state index in [1.165, 1.54) is 23.0 Å². The minimum Gasteiger partial charge on any atom is -0.477 e. The molecule has 1 fully saturated rings. The van der Waals surface area contributed by atoms with Gasteiger partial charge in [0.1, 0.15) is 11.4 Å².